The lowest BCUT2D eigenvalue weighted by atomic mass is 10.1. The normalized spacial score (nSPS) is 11.7. The highest BCUT2D eigenvalue weighted by molar-refractivity contribution is 7.26. The Labute approximate surface area is 122 Å². The average molecular weight is 305 g/mol. The highest BCUT2D eigenvalue weighted by Crippen LogP contribution is 2.39. The van der Waals surface area contributed by atoms with Gasteiger partial charge in [-0.1, -0.05) is 29.8 Å². The van der Waals surface area contributed by atoms with E-state index in [1.165, 1.54) is 14.8 Å². The van der Waals surface area contributed by atoms with Crippen molar-refractivity contribution >= 4 is 65.6 Å². The maximum absolute atomic E-state index is 6.27. The maximum Gasteiger partial charge on any atom is 0.224 e. The SMILES string of the molecule is Clc1nc(Cl)c2c(ccc3sc4ccccc4c32)n1. The fourth-order valence-corrected chi connectivity index (χ4v) is 3.97. The number of nitrogens with zero attached hydrogens (tertiary/aromatic N) is 2. The number of halogens is 2. The second-order valence-corrected chi connectivity index (χ2v) is 5.99. The largest absolute Gasteiger partial charge is 0.224 e. The minimum atomic E-state index is 0.177. The first kappa shape index (κ1) is 11.4. The number of thiophene rings is 1. The summed E-state index contributed by atoms with van der Waals surface area (Å²) < 4.78 is 2.41. The van der Waals surface area contributed by atoms with E-state index in [1.807, 2.05) is 18.2 Å². The van der Waals surface area contributed by atoms with Gasteiger partial charge in [-0.2, -0.15) is 0 Å². The van der Waals surface area contributed by atoms with E-state index in [9.17, 15) is 0 Å². The summed E-state index contributed by atoms with van der Waals surface area (Å²) in [6.07, 6.45) is 0. The Morgan fingerprint density at radius 1 is 0.842 bits per heavy atom. The molecule has 0 bridgehead atoms. The summed E-state index contributed by atoms with van der Waals surface area (Å²) in [6, 6.07) is 12.3. The third-order valence-corrected chi connectivity index (χ3v) is 4.71. The van der Waals surface area contributed by atoms with Crippen LogP contribution in [0.15, 0.2) is 36.4 Å². The van der Waals surface area contributed by atoms with Gasteiger partial charge in [0.1, 0.15) is 5.15 Å². The van der Waals surface area contributed by atoms with E-state index in [0.29, 0.717) is 5.15 Å². The van der Waals surface area contributed by atoms with Gasteiger partial charge in [0.25, 0.3) is 0 Å². The van der Waals surface area contributed by atoms with Crippen LogP contribution in [0.1, 0.15) is 0 Å². The van der Waals surface area contributed by atoms with Gasteiger partial charge < -0.3 is 0 Å². The minimum absolute atomic E-state index is 0.177. The van der Waals surface area contributed by atoms with Crippen molar-refractivity contribution in [3.8, 4) is 0 Å². The zero-order chi connectivity index (χ0) is 13.0. The molecule has 2 nitrogen and oxygen atoms in total. The molecule has 0 radical (unpaired) electrons. The predicted octanol–water partition coefficient (Wildman–Crippen LogP) is 5.30. The molecule has 5 heteroatoms. The van der Waals surface area contributed by atoms with Crippen molar-refractivity contribution < 1.29 is 0 Å². The molecule has 4 aromatic rings. The fourth-order valence-electron chi connectivity index (χ4n) is 2.37. The Morgan fingerprint density at radius 2 is 1.68 bits per heavy atom. The van der Waals surface area contributed by atoms with Crippen LogP contribution in [0.4, 0.5) is 0 Å². The fraction of sp³-hybridized carbons (Fsp3) is 0. The third-order valence-electron chi connectivity index (χ3n) is 3.13. The zero-order valence-electron chi connectivity index (χ0n) is 9.52. The van der Waals surface area contributed by atoms with Crippen molar-refractivity contribution in [1.29, 1.82) is 0 Å². The van der Waals surface area contributed by atoms with Crippen molar-refractivity contribution in [2.75, 3.05) is 0 Å². The summed E-state index contributed by atoms with van der Waals surface area (Å²) in [5.41, 5.74) is 0.779. The van der Waals surface area contributed by atoms with Gasteiger partial charge in [0.15, 0.2) is 0 Å². The van der Waals surface area contributed by atoms with E-state index in [4.69, 9.17) is 23.2 Å². The molecule has 2 aromatic heterocycles. The Kier molecular flexibility index (Phi) is 2.42. The van der Waals surface area contributed by atoms with E-state index < -0.39 is 0 Å². The van der Waals surface area contributed by atoms with Gasteiger partial charge in [-0.15, -0.1) is 11.3 Å². The Morgan fingerprint density at radius 3 is 2.58 bits per heavy atom. The molecular formula is C14H6Cl2N2S. The summed E-state index contributed by atoms with van der Waals surface area (Å²) >= 11 is 13.9. The van der Waals surface area contributed by atoms with Crippen LogP contribution in [0.25, 0.3) is 31.1 Å². The molecule has 2 aromatic carbocycles. The smallest absolute Gasteiger partial charge is 0.218 e. The van der Waals surface area contributed by atoms with E-state index in [1.54, 1.807) is 11.3 Å². The first-order chi connectivity index (χ1) is 9.24. The molecular weight excluding hydrogens is 299 g/mol. The maximum atomic E-state index is 6.27. The summed E-state index contributed by atoms with van der Waals surface area (Å²) in [4.78, 5) is 8.31. The molecule has 0 saturated heterocycles. The third kappa shape index (κ3) is 1.62. The molecule has 92 valence electrons. The Balaban J connectivity index is 2.36. The van der Waals surface area contributed by atoms with E-state index in [2.05, 4.69) is 28.2 Å². The molecule has 0 fully saturated rings. The summed E-state index contributed by atoms with van der Waals surface area (Å²) in [6.45, 7) is 0. The van der Waals surface area contributed by atoms with Gasteiger partial charge in [0, 0.05) is 25.6 Å². The monoisotopic (exact) mass is 304 g/mol. The minimum Gasteiger partial charge on any atom is -0.218 e. The molecule has 19 heavy (non-hydrogen) atoms. The van der Waals surface area contributed by atoms with Crippen LogP contribution in [0.3, 0.4) is 0 Å². The average Bonchev–Trinajstić information content (AvgIpc) is 2.76. The van der Waals surface area contributed by atoms with Gasteiger partial charge in [-0.05, 0) is 29.8 Å². The molecule has 0 N–H and O–H groups in total. The van der Waals surface area contributed by atoms with Crippen molar-refractivity contribution in [3.05, 3.63) is 46.8 Å². The number of aromatic nitrogens is 2. The number of hydrogen-bond acceptors (Lipinski definition) is 3. The number of hydrogen-bond donors (Lipinski definition) is 0. The van der Waals surface area contributed by atoms with Crippen LogP contribution in [-0.2, 0) is 0 Å². The predicted molar refractivity (Wildman–Crippen MR) is 82.4 cm³/mol. The molecule has 0 aliphatic carbocycles. The van der Waals surface area contributed by atoms with Crippen molar-refractivity contribution in [3.63, 3.8) is 0 Å². The standard InChI is InChI=1S/C14H6Cl2N2S/c15-13-12-8(17-14(16)18-13)5-6-10-11(12)7-3-1-2-4-9(7)19-10/h1-6H. The second kappa shape index (κ2) is 4.04. The molecule has 0 spiro atoms. The van der Waals surface area contributed by atoms with Crippen LogP contribution in [0, 0.1) is 0 Å². The van der Waals surface area contributed by atoms with Crippen LogP contribution in [0.2, 0.25) is 10.4 Å². The molecule has 0 aliphatic heterocycles. The zero-order valence-corrected chi connectivity index (χ0v) is 11.9. The number of fused-ring (bicyclic) bond motifs is 5. The van der Waals surface area contributed by atoms with E-state index >= 15 is 0 Å². The van der Waals surface area contributed by atoms with Crippen LogP contribution < -0.4 is 0 Å². The van der Waals surface area contributed by atoms with E-state index in [-0.39, 0.29) is 5.28 Å². The van der Waals surface area contributed by atoms with Gasteiger partial charge in [0.05, 0.1) is 5.52 Å². The van der Waals surface area contributed by atoms with Crippen molar-refractivity contribution in [1.82, 2.24) is 9.97 Å². The molecule has 0 atom stereocenters. The molecule has 0 unspecified atom stereocenters. The van der Waals surface area contributed by atoms with Gasteiger partial charge in [0.2, 0.25) is 5.28 Å². The van der Waals surface area contributed by atoms with Crippen LogP contribution in [0.5, 0.6) is 0 Å². The lowest BCUT2D eigenvalue weighted by Crippen LogP contribution is -1.87. The number of benzene rings is 2. The highest BCUT2D eigenvalue weighted by atomic mass is 35.5. The highest BCUT2D eigenvalue weighted by Gasteiger charge is 2.13. The van der Waals surface area contributed by atoms with E-state index in [0.717, 1.165) is 16.3 Å². The van der Waals surface area contributed by atoms with Crippen molar-refractivity contribution in [2.45, 2.75) is 0 Å². The van der Waals surface area contributed by atoms with Crippen LogP contribution in [-0.4, -0.2) is 9.97 Å². The summed E-state index contributed by atoms with van der Waals surface area (Å²) in [5, 5.41) is 3.75. The Bertz CT molecular complexity index is 946. The first-order valence-electron chi connectivity index (χ1n) is 5.67. The number of rotatable bonds is 0. The van der Waals surface area contributed by atoms with Gasteiger partial charge in [-0.3, -0.25) is 0 Å². The van der Waals surface area contributed by atoms with Gasteiger partial charge >= 0.3 is 0 Å². The molecule has 0 aliphatic rings. The molecule has 0 saturated carbocycles. The first-order valence-corrected chi connectivity index (χ1v) is 7.24. The quantitative estimate of drug-likeness (QED) is 0.325. The molecule has 4 rings (SSSR count). The topological polar surface area (TPSA) is 25.8 Å². The second-order valence-electron chi connectivity index (χ2n) is 4.21. The lowest BCUT2D eigenvalue weighted by Gasteiger charge is -2.02. The summed E-state index contributed by atoms with van der Waals surface area (Å²) in [7, 11) is 0. The molecule has 0 amide bonds. The van der Waals surface area contributed by atoms with Gasteiger partial charge in [-0.25, -0.2) is 9.97 Å². The van der Waals surface area contributed by atoms with Crippen molar-refractivity contribution in [2.24, 2.45) is 0 Å². The Hall–Kier alpha value is -1.42. The summed E-state index contributed by atoms with van der Waals surface area (Å²) in [5.74, 6) is 0. The molecule has 2 heterocycles. The van der Waals surface area contributed by atoms with Crippen LogP contribution >= 0.6 is 34.5 Å². The lowest BCUT2D eigenvalue weighted by molar-refractivity contribution is 1.23.